The van der Waals surface area contributed by atoms with Gasteiger partial charge in [0, 0.05) is 29.3 Å². The van der Waals surface area contributed by atoms with E-state index in [9.17, 15) is 18.0 Å². The van der Waals surface area contributed by atoms with Gasteiger partial charge in [-0.3, -0.25) is 14.3 Å². The smallest absolute Gasteiger partial charge is 0.261 e. The number of amides is 1. The average molecular weight is 504 g/mol. The van der Waals surface area contributed by atoms with Crippen LogP contribution in [0, 0.1) is 6.92 Å². The van der Waals surface area contributed by atoms with Gasteiger partial charge in [-0.05, 0) is 60.7 Å². The van der Waals surface area contributed by atoms with Crippen molar-refractivity contribution >= 4 is 32.5 Å². The fraction of sp³-hybridized carbons (Fsp3) is 0.214. The molecule has 0 aliphatic carbocycles. The number of benzene rings is 3. The van der Waals surface area contributed by atoms with Crippen LogP contribution in [0.25, 0.3) is 10.9 Å². The van der Waals surface area contributed by atoms with Crippen LogP contribution in [-0.4, -0.2) is 25.9 Å². The Morgan fingerprint density at radius 3 is 2.33 bits per heavy atom. The van der Waals surface area contributed by atoms with Gasteiger partial charge in [-0.15, -0.1) is 0 Å². The minimum atomic E-state index is -3.94. The fourth-order valence-electron chi connectivity index (χ4n) is 3.85. The van der Waals surface area contributed by atoms with Crippen LogP contribution in [0.5, 0.6) is 0 Å². The third kappa shape index (κ3) is 5.66. The molecule has 0 aliphatic heterocycles. The van der Waals surface area contributed by atoms with Crippen molar-refractivity contribution in [2.24, 2.45) is 0 Å². The van der Waals surface area contributed by atoms with Crippen molar-refractivity contribution in [3.8, 4) is 0 Å². The van der Waals surface area contributed by atoms with Crippen LogP contribution < -0.4 is 15.5 Å². The second kappa shape index (κ2) is 10.4. The molecule has 0 radical (unpaired) electrons. The topological polar surface area (TPSA) is 108 Å². The van der Waals surface area contributed by atoms with E-state index in [1.807, 2.05) is 43.3 Å². The van der Waals surface area contributed by atoms with E-state index >= 15 is 0 Å². The standard InChI is InChI=1S/C28H29N3O4S/c1-18(2)21-8-10-22(11-9-21)31-36(34,35)23-12-13-26-24(16-23)27(32)25(17-30-26)28(33)29-15-14-20-6-4-19(3)5-7-20/h4-13,16-18,31H,14-15H2,1-3H3,(H,29,33)(H,30,32). The second-order valence-electron chi connectivity index (χ2n) is 9.11. The molecule has 186 valence electrons. The molecule has 0 unspecified atom stereocenters. The molecule has 3 N–H and O–H groups in total. The number of nitrogens with one attached hydrogen (secondary N) is 3. The van der Waals surface area contributed by atoms with Crippen LogP contribution in [0.1, 0.15) is 46.8 Å². The number of aromatic amines is 1. The molecule has 1 heterocycles. The molecule has 8 heteroatoms. The molecule has 36 heavy (non-hydrogen) atoms. The number of pyridine rings is 1. The van der Waals surface area contributed by atoms with E-state index in [0.717, 1.165) is 16.7 Å². The Morgan fingerprint density at radius 2 is 1.67 bits per heavy atom. The Morgan fingerprint density at radius 1 is 0.972 bits per heavy atom. The molecule has 0 spiro atoms. The summed E-state index contributed by atoms with van der Waals surface area (Å²) in [7, 11) is -3.94. The van der Waals surface area contributed by atoms with E-state index in [1.165, 1.54) is 24.4 Å². The minimum absolute atomic E-state index is 0.0645. The molecule has 0 fully saturated rings. The number of fused-ring (bicyclic) bond motifs is 1. The van der Waals surface area contributed by atoms with Crippen molar-refractivity contribution in [1.29, 1.82) is 0 Å². The van der Waals surface area contributed by atoms with Gasteiger partial charge in [0.1, 0.15) is 5.56 Å². The van der Waals surface area contributed by atoms with Crippen LogP contribution in [-0.2, 0) is 16.4 Å². The quantitative estimate of drug-likeness (QED) is 0.323. The normalized spacial score (nSPS) is 11.6. The molecular formula is C28H29N3O4S. The number of carbonyl (C=O) groups is 1. The first-order valence-electron chi connectivity index (χ1n) is 11.8. The zero-order valence-corrected chi connectivity index (χ0v) is 21.3. The summed E-state index contributed by atoms with van der Waals surface area (Å²) >= 11 is 0. The molecule has 0 saturated carbocycles. The van der Waals surface area contributed by atoms with Crippen LogP contribution >= 0.6 is 0 Å². The van der Waals surface area contributed by atoms with Crippen molar-refractivity contribution in [3.05, 3.63) is 105 Å². The Bertz CT molecular complexity index is 1560. The van der Waals surface area contributed by atoms with Gasteiger partial charge in [-0.25, -0.2) is 8.42 Å². The lowest BCUT2D eigenvalue weighted by Crippen LogP contribution is -2.30. The summed E-state index contributed by atoms with van der Waals surface area (Å²) in [5.41, 5.74) is 3.60. The van der Waals surface area contributed by atoms with E-state index in [-0.39, 0.29) is 15.8 Å². The molecule has 1 amide bonds. The maximum absolute atomic E-state index is 13.1. The molecule has 0 bridgehead atoms. The molecule has 7 nitrogen and oxygen atoms in total. The summed E-state index contributed by atoms with van der Waals surface area (Å²) < 4.78 is 28.5. The summed E-state index contributed by atoms with van der Waals surface area (Å²) in [5, 5.41) is 2.89. The first-order chi connectivity index (χ1) is 17.1. The van der Waals surface area contributed by atoms with Crippen LogP contribution in [0.4, 0.5) is 5.69 Å². The van der Waals surface area contributed by atoms with Gasteiger partial charge in [0.15, 0.2) is 0 Å². The molecule has 3 aromatic carbocycles. The van der Waals surface area contributed by atoms with Crippen LogP contribution in [0.15, 0.2) is 82.6 Å². The van der Waals surface area contributed by atoms with E-state index in [2.05, 4.69) is 28.9 Å². The van der Waals surface area contributed by atoms with Crippen molar-refractivity contribution in [1.82, 2.24) is 10.3 Å². The zero-order chi connectivity index (χ0) is 25.9. The van der Waals surface area contributed by atoms with Crippen molar-refractivity contribution in [3.63, 3.8) is 0 Å². The number of aryl methyl sites for hydroxylation is 1. The Balaban J connectivity index is 1.53. The van der Waals surface area contributed by atoms with Gasteiger partial charge in [0.05, 0.1) is 4.90 Å². The Kier molecular flexibility index (Phi) is 7.26. The number of H-pyrrole nitrogens is 1. The third-order valence-corrected chi connectivity index (χ3v) is 7.44. The highest BCUT2D eigenvalue weighted by Crippen LogP contribution is 2.22. The number of sulfonamides is 1. The van der Waals surface area contributed by atoms with Gasteiger partial charge >= 0.3 is 0 Å². The van der Waals surface area contributed by atoms with Crippen LogP contribution in [0.2, 0.25) is 0 Å². The van der Waals surface area contributed by atoms with Crippen molar-refractivity contribution < 1.29 is 13.2 Å². The maximum atomic E-state index is 13.1. The monoisotopic (exact) mass is 503 g/mol. The molecule has 4 rings (SSSR count). The first kappa shape index (κ1) is 25.2. The number of carbonyl (C=O) groups excluding carboxylic acids is 1. The number of hydrogen-bond donors (Lipinski definition) is 3. The second-order valence-corrected chi connectivity index (χ2v) is 10.8. The molecule has 0 saturated heterocycles. The summed E-state index contributed by atoms with van der Waals surface area (Å²) in [6.07, 6.45) is 1.98. The van der Waals surface area contributed by atoms with Gasteiger partial charge in [0.25, 0.3) is 15.9 Å². The Hall–Kier alpha value is -3.91. The van der Waals surface area contributed by atoms with E-state index < -0.39 is 21.4 Å². The number of hydrogen-bond acceptors (Lipinski definition) is 4. The fourth-order valence-corrected chi connectivity index (χ4v) is 4.94. The summed E-state index contributed by atoms with van der Waals surface area (Å²) in [4.78, 5) is 28.6. The van der Waals surface area contributed by atoms with Crippen molar-refractivity contribution in [2.75, 3.05) is 11.3 Å². The van der Waals surface area contributed by atoms with Gasteiger partial charge < -0.3 is 10.3 Å². The van der Waals surface area contributed by atoms with Gasteiger partial charge in [-0.1, -0.05) is 55.8 Å². The maximum Gasteiger partial charge on any atom is 0.261 e. The number of anilines is 1. The third-order valence-electron chi connectivity index (χ3n) is 6.06. The lowest BCUT2D eigenvalue weighted by molar-refractivity contribution is 0.0953. The van der Waals surface area contributed by atoms with E-state index in [1.54, 1.807) is 12.1 Å². The zero-order valence-electron chi connectivity index (χ0n) is 20.5. The lowest BCUT2D eigenvalue weighted by atomic mass is 10.0. The predicted octanol–water partition coefficient (Wildman–Crippen LogP) is 4.73. The summed E-state index contributed by atoms with van der Waals surface area (Å²) in [6, 6.07) is 19.4. The van der Waals surface area contributed by atoms with Crippen LogP contribution in [0.3, 0.4) is 0 Å². The number of aromatic nitrogens is 1. The Labute approximate surface area is 210 Å². The summed E-state index contributed by atoms with van der Waals surface area (Å²) in [5.74, 6) is -0.182. The van der Waals surface area contributed by atoms with E-state index in [0.29, 0.717) is 30.1 Å². The number of rotatable bonds is 8. The SMILES string of the molecule is Cc1ccc(CCNC(=O)c2c[nH]c3ccc(S(=O)(=O)Nc4ccc(C(C)C)cc4)cc3c2=O)cc1. The highest BCUT2D eigenvalue weighted by Gasteiger charge is 2.18. The largest absolute Gasteiger partial charge is 0.360 e. The molecule has 4 aromatic rings. The predicted molar refractivity (Wildman–Crippen MR) is 143 cm³/mol. The lowest BCUT2D eigenvalue weighted by Gasteiger charge is -2.11. The van der Waals surface area contributed by atoms with Gasteiger partial charge in [0.2, 0.25) is 5.43 Å². The molecule has 0 aliphatic rings. The molecular weight excluding hydrogens is 474 g/mol. The van der Waals surface area contributed by atoms with E-state index in [4.69, 9.17) is 0 Å². The molecule has 0 atom stereocenters. The average Bonchev–Trinajstić information content (AvgIpc) is 2.85. The van der Waals surface area contributed by atoms with Crippen molar-refractivity contribution in [2.45, 2.75) is 38.0 Å². The highest BCUT2D eigenvalue weighted by atomic mass is 32.2. The molecule has 1 aromatic heterocycles. The highest BCUT2D eigenvalue weighted by molar-refractivity contribution is 7.92. The minimum Gasteiger partial charge on any atom is -0.360 e. The summed E-state index contributed by atoms with van der Waals surface area (Å²) in [6.45, 7) is 6.50. The first-order valence-corrected chi connectivity index (χ1v) is 13.2. The van der Waals surface area contributed by atoms with Gasteiger partial charge in [-0.2, -0.15) is 0 Å².